The molecule has 2 rings (SSSR count). The highest BCUT2D eigenvalue weighted by Crippen LogP contribution is 2.35. The Morgan fingerprint density at radius 1 is 1.53 bits per heavy atom. The van der Waals surface area contributed by atoms with E-state index < -0.39 is 11.4 Å². The molecule has 106 valence electrons. The van der Waals surface area contributed by atoms with Crippen LogP contribution < -0.4 is 0 Å². The van der Waals surface area contributed by atoms with Crippen LogP contribution in [0.2, 0.25) is 0 Å². The van der Waals surface area contributed by atoms with E-state index in [-0.39, 0.29) is 0 Å². The zero-order valence-electron chi connectivity index (χ0n) is 11.8. The summed E-state index contributed by atoms with van der Waals surface area (Å²) in [7, 11) is 0. The van der Waals surface area contributed by atoms with Gasteiger partial charge in [0.15, 0.2) is 0 Å². The van der Waals surface area contributed by atoms with Crippen LogP contribution in [-0.2, 0) is 11.3 Å². The molecule has 0 aromatic carbocycles. The van der Waals surface area contributed by atoms with Crippen LogP contribution >= 0.6 is 0 Å². The van der Waals surface area contributed by atoms with Gasteiger partial charge in [-0.3, -0.25) is 9.48 Å². The molecule has 1 aromatic heterocycles. The van der Waals surface area contributed by atoms with Crippen molar-refractivity contribution in [3.05, 3.63) is 18.0 Å². The van der Waals surface area contributed by atoms with Crippen molar-refractivity contribution in [1.82, 2.24) is 14.7 Å². The van der Waals surface area contributed by atoms with Gasteiger partial charge in [-0.2, -0.15) is 5.10 Å². The fraction of sp³-hybridized carbons (Fsp3) is 0.714. The predicted octanol–water partition coefficient (Wildman–Crippen LogP) is 1.77. The Hall–Kier alpha value is -1.36. The predicted molar refractivity (Wildman–Crippen MR) is 73.0 cm³/mol. The molecule has 1 N–H and O–H groups in total. The second kappa shape index (κ2) is 5.74. The SMILES string of the molecule is CCCC1(C(=O)O)CCN(CCn2cc(C)cn2)C1. The Labute approximate surface area is 114 Å². The first-order valence-electron chi connectivity index (χ1n) is 7.00. The first kappa shape index (κ1) is 14.1. The highest BCUT2D eigenvalue weighted by molar-refractivity contribution is 5.75. The van der Waals surface area contributed by atoms with Gasteiger partial charge in [0.25, 0.3) is 0 Å². The Morgan fingerprint density at radius 3 is 2.89 bits per heavy atom. The van der Waals surface area contributed by atoms with Crippen LogP contribution in [0.5, 0.6) is 0 Å². The lowest BCUT2D eigenvalue weighted by Gasteiger charge is -2.24. The number of rotatable bonds is 6. The standard InChI is InChI=1S/C14H23N3O2/c1-3-4-14(13(18)19)5-6-16(11-14)7-8-17-10-12(2)9-15-17/h9-10H,3-8,11H2,1-2H3,(H,18,19). The molecule has 0 amide bonds. The van der Waals surface area contributed by atoms with E-state index >= 15 is 0 Å². The maximum Gasteiger partial charge on any atom is 0.310 e. The summed E-state index contributed by atoms with van der Waals surface area (Å²) in [6, 6.07) is 0. The van der Waals surface area contributed by atoms with Crippen molar-refractivity contribution in [3.8, 4) is 0 Å². The van der Waals surface area contributed by atoms with E-state index in [0.29, 0.717) is 6.54 Å². The molecule has 1 aliphatic rings. The molecule has 0 saturated carbocycles. The van der Waals surface area contributed by atoms with Gasteiger partial charge in [0, 0.05) is 19.3 Å². The lowest BCUT2D eigenvalue weighted by atomic mass is 9.83. The molecule has 19 heavy (non-hydrogen) atoms. The van der Waals surface area contributed by atoms with Gasteiger partial charge in [0.2, 0.25) is 0 Å². The van der Waals surface area contributed by atoms with Crippen LogP contribution in [0, 0.1) is 12.3 Å². The minimum absolute atomic E-state index is 0.519. The van der Waals surface area contributed by atoms with Crippen LogP contribution in [-0.4, -0.2) is 45.4 Å². The fourth-order valence-corrected chi connectivity index (χ4v) is 2.95. The molecular weight excluding hydrogens is 242 g/mol. The monoisotopic (exact) mass is 265 g/mol. The smallest absolute Gasteiger partial charge is 0.310 e. The first-order valence-corrected chi connectivity index (χ1v) is 7.00. The van der Waals surface area contributed by atoms with Gasteiger partial charge in [0.05, 0.1) is 18.2 Å². The molecule has 0 spiro atoms. The van der Waals surface area contributed by atoms with E-state index in [4.69, 9.17) is 0 Å². The van der Waals surface area contributed by atoms with Crippen molar-refractivity contribution in [2.45, 2.75) is 39.7 Å². The highest BCUT2D eigenvalue weighted by Gasteiger charge is 2.43. The molecule has 1 fully saturated rings. The second-order valence-electron chi connectivity index (χ2n) is 5.64. The van der Waals surface area contributed by atoms with Crippen molar-refractivity contribution < 1.29 is 9.90 Å². The lowest BCUT2D eigenvalue weighted by molar-refractivity contribution is -0.148. The summed E-state index contributed by atoms with van der Waals surface area (Å²) < 4.78 is 1.93. The zero-order valence-corrected chi connectivity index (χ0v) is 11.8. The topological polar surface area (TPSA) is 58.4 Å². The molecule has 0 bridgehead atoms. The average Bonchev–Trinajstić information content (AvgIpc) is 2.95. The lowest BCUT2D eigenvalue weighted by Crippen LogP contribution is -2.35. The highest BCUT2D eigenvalue weighted by atomic mass is 16.4. The number of carboxylic acid groups (broad SMARTS) is 1. The maximum atomic E-state index is 11.5. The van der Waals surface area contributed by atoms with Gasteiger partial charge in [-0.1, -0.05) is 13.3 Å². The normalized spacial score (nSPS) is 23.9. The number of likely N-dealkylation sites (tertiary alicyclic amines) is 1. The number of nitrogens with zero attached hydrogens (tertiary/aromatic N) is 3. The number of aromatic nitrogens is 2. The molecule has 5 nitrogen and oxygen atoms in total. The summed E-state index contributed by atoms with van der Waals surface area (Å²) in [6.45, 7) is 7.34. The van der Waals surface area contributed by atoms with Crippen molar-refractivity contribution >= 4 is 5.97 Å². The third kappa shape index (κ3) is 3.15. The van der Waals surface area contributed by atoms with Crippen LogP contribution in [0.25, 0.3) is 0 Å². The summed E-state index contributed by atoms with van der Waals surface area (Å²) in [5.41, 5.74) is 0.640. The molecule has 1 saturated heterocycles. The Balaban J connectivity index is 1.88. The summed E-state index contributed by atoms with van der Waals surface area (Å²) >= 11 is 0. The van der Waals surface area contributed by atoms with Crippen LogP contribution in [0.3, 0.4) is 0 Å². The van der Waals surface area contributed by atoms with E-state index in [1.807, 2.05) is 24.0 Å². The van der Waals surface area contributed by atoms with Gasteiger partial charge in [-0.05, 0) is 31.9 Å². The van der Waals surface area contributed by atoms with Crippen molar-refractivity contribution in [1.29, 1.82) is 0 Å². The quantitative estimate of drug-likeness (QED) is 0.851. The van der Waals surface area contributed by atoms with E-state index in [2.05, 4.69) is 16.9 Å². The average molecular weight is 265 g/mol. The number of aryl methyl sites for hydroxylation is 1. The molecule has 0 radical (unpaired) electrons. The minimum Gasteiger partial charge on any atom is -0.481 e. The van der Waals surface area contributed by atoms with Crippen molar-refractivity contribution in [3.63, 3.8) is 0 Å². The third-order valence-electron chi connectivity index (χ3n) is 4.02. The summed E-state index contributed by atoms with van der Waals surface area (Å²) in [6.07, 6.45) is 6.35. The summed E-state index contributed by atoms with van der Waals surface area (Å²) in [5, 5.41) is 13.7. The molecule has 0 aliphatic carbocycles. The minimum atomic E-state index is -0.633. The first-order chi connectivity index (χ1) is 9.05. The number of carboxylic acids is 1. The van der Waals surface area contributed by atoms with E-state index in [1.54, 1.807) is 0 Å². The van der Waals surface area contributed by atoms with Crippen LogP contribution in [0.15, 0.2) is 12.4 Å². The molecule has 1 unspecified atom stereocenters. The largest absolute Gasteiger partial charge is 0.481 e. The number of carbonyl (C=O) groups is 1. The van der Waals surface area contributed by atoms with Gasteiger partial charge < -0.3 is 10.0 Å². The maximum absolute atomic E-state index is 11.5. The van der Waals surface area contributed by atoms with E-state index in [0.717, 1.165) is 44.5 Å². The van der Waals surface area contributed by atoms with Crippen LogP contribution in [0.1, 0.15) is 31.7 Å². The van der Waals surface area contributed by atoms with E-state index in [9.17, 15) is 9.90 Å². The van der Waals surface area contributed by atoms with Crippen molar-refractivity contribution in [2.24, 2.45) is 5.41 Å². The second-order valence-corrected chi connectivity index (χ2v) is 5.64. The molecule has 1 aromatic rings. The van der Waals surface area contributed by atoms with Gasteiger partial charge >= 0.3 is 5.97 Å². The van der Waals surface area contributed by atoms with Gasteiger partial charge in [-0.25, -0.2) is 0 Å². The Kier molecular flexibility index (Phi) is 4.24. The summed E-state index contributed by atoms with van der Waals surface area (Å²) in [4.78, 5) is 13.7. The molecule has 5 heteroatoms. The van der Waals surface area contributed by atoms with Gasteiger partial charge in [0.1, 0.15) is 0 Å². The fourth-order valence-electron chi connectivity index (χ4n) is 2.95. The number of hydrogen-bond acceptors (Lipinski definition) is 3. The van der Waals surface area contributed by atoms with Crippen LogP contribution in [0.4, 0.5) is 0 Å². The third-order valence-corrected chi connectivity index (χ3v) is 4.02. The Bertz CT molecular complexity index is 444. The number of hydrogen-bond donors (Lipinski definition) is 1. The van der Waals surface area contributed by atoms with E-state index in [1.165, 1.54) is 0 Å². The van der Waals surface area contributed by atoms with Gasteiger partial charge in [-0.15, -0.1) is 0 Å². The Morgan fingerprint density at radius 2 is 2.32 bits per heavy atom. The zero-order chi connectivity index (χ0) is 13.9. The molecule has 2 heterocycles. The molecule has 1 aliphatic heterocycles. The molecule has 1 atom stereocenters. The summed E-state index contributed by atoms with van der Waals surface area (Å²) in [5.74, 6) is -0.633. The number of aliphatic carboxylic acids is 1. The van der Waals surface area contributed by atoms with Crippen molar-refractivity contribution in [2.75, 3.05) is 19.6 Å². The molecular formula is C14H23N3O2.